The van der Waals surface area contributed by atoms with Crippen LogP contribution in [0.15, 0.2) is 54.6 Å². The lowest BCUT2D eigenvalue weighted by molar-refractivity contribution is 0.819. The van der Waals surface area contributed by atoms with Gasteiger partial charge in [-0.05, 0) is 38.5 Å². The summed E-state index contributed by atoms with van der Waals surface area (Å²) in [7, 11) is 0. The second-order valence-corrected chi connectivity index (χ2v) is 5.79. The Kier molecular flexibility index (Phi) is 3.38. The van der Waals surface area contributed by atoms with Crippen LogP contribution < -0.4 is 0 Å². The van der Waals surface area contributed by atoms with Crippen LogP contribution in [0, 0.1) is 13.8 Å². The number of benzene rings is 2. The summed E-state index contributed by atoms with van der Waals surface area (Å²) in [6.45, 7) is 11.2. The van der Waals surface area contributed by atoms with Crippen molar-refractivity contribution in [1.82, 2.24) is 9.55 Å². The first kappa shape index (κ1) is 13.6. The predicted molar refractivity (Wildman–Crippen MR) is 89.5 cm³/mol. The second-order valence-electron chi connectivity index (χ2n) is 5.79. The lowest BCUT2D eigenvalue weighted by atomic mass is 10.1. The third kappa shape index (κ3) is 2.49. The number of allylic oxidation sites excluding steroid dienone is 1. The van der Waals surface area contributed by atoms with E-state index in [2.05, 4.69) is 68.3 Å². The average Bonchev–Trinajstić information content (AvgIpc) is 2.77. The van der Waals surface area contributed by atoms with E-state index in [1.807, 2.05) is 6.07 Å². The number of aryl methyl sites for hydroxylation is 2. The molecule has 0 bridgehead atoms. The summed E-state index contributed by atoms with van der Waals surface area (Å²) in [5, 5.41) is 0. The minimum absolute atomic E-state index is 0.795. The fourth-order valence-electron chi connectivity index (χ4n) is 2.78. The Labute approximate surface area is 125 Å². The van der Waals surface area contributed by atoms with Crippen LogP contribution in [0.25, 0.3) is 22.4 Å². The topological polar surface area (TPSA) is 17.8 Å². The van der Waals surface area contributed by atoms with Crippen molar-refractivity contribution in [3.63, 3.8) is 0 Å². The van der Waals surface area contributed by atoms with Crippen molar-refractivity contribution in [2.45, 2.75) is 27.3 Å². The molecule has 0 N–H and O–H groups in total. The highest BCUT2D eigenvalue weighted by molar-refractivity contribution is 5.81. The molecule has 0 spiro atoms. The molecule has 0 amide bonds. The van der Waals surface area contributed by atoms with Gasteiger partial charge < -0.3 is 4.57 Å². The average molecular weight is 276 g/mol. The predicted octanol–water partition coefficient (Wildman–Crippen LogP) is 4.90. The van der Waals surface area contributed by atoms with Crippen molar-refractivity contribution in [2.24, 2.45) is 0 Å². The summed E-state index contributed by atoms with van der Waals surface area (Å²) in [4.78, 5) is 4.85. The van der Waals surface area contributed by atoms with E-state index in [0.29, 0.717) is 0 Å². The normalized spacial score (nSPS) is 11.0. The minimum Gasteiger partial charge on any atom is -0.320 e. The van der Waals surface area contributed by atoms with Gasteiger partial charge in [0.2, 0.25) is 0 Å². The molecule has 0 saturated heterocycles. The molecule has 0 aliphatic carbocycles. The minimum atomic E-state index is 0.795. The van der Waals surface area contributed by atoms with Gasteiger partial charge in [-0.1, -0.05) is 48.0 Å². The van der Waals surface area contributed by atoms with E-state index >= 15 is 0 Å². The Balaban J connectivity index is 2.28. The molecule has 1 aromatic heterocycles. The number of rotatable bonds is 3. The summed E-state index contributed by atoms with van der Waals surface area (Å²) in [5.74, 6) is 1.02. The number of hydrogen-bond acceptors (Lipinski definition) is 1. The number of imidazole rings is 1. The Bertz CT molecular complexity index is 825. The number of nitrogens with zero attached hydrogens (tertiary/aromatic N) is 2. The van der Waals surface area contributed by atoms with Crippen LogP contribution in [0.4, 0.5) is 0 Å². The molecule has 3 rings (SSSR count). The van der Waals surface area contributed by atoms with E-state index in [0.717, 1.165) is 29.0 Å². The van der Waals surface area contributed by atoms with Gasteiger partial charge in [-0.3, -0.25) is 0 Å². The molecular formula is C19H20N2. The van der Waals surface area contributed by atoms with E-state index in [-0.39, 0.29) is 0 Å². The summed E-state index contributed by atoms with van der Waals surface area (Å²) >= 11 is 0. The first-order valence-corrected chi connectivity index (χ1v) is 7.23. The lowest BCUT2D eigenvalue weighted by Crippen LogP contribution is -2.02. The van der Waals surface area contributed by atoms with E-state index in [9.17, 15) is 0 Å². The van der Waals surface area contributed by atoms with E-state index in [1.54, 1.807) is 0 Å². The highest BCUT2D eigenvalue weighted by atomic mass is 15.1. The smallest absolute Gasteiger partial charge is 0.141 e. The number of aromatic nitrogens is 2. The van der Waals surface area contributed by atoms with Crippen molar-refractivity contribution in [3.8, 4) is 11.4 Å². The van der Waals surface area contributed by atoms with Crippen molar-refractivity contribution in [3.05, 3.63) is 65.7 Å². The van der Waals surface area contributed by atoms with E-state index in [1.165, 1.54) is 16.7 Å². The van der Waals surface area contributed by atoms with Crippen molar-refractivity contribution in [1.29, 1.82) is 0 Å². The van der Waals surface area contributed by atoms with Gasteiger partial charge in [0, 0.05) is 12.1 Å². The molecule has 2 nitrogen and oxygen atoms in total. The van der Waals surface area contributed by atoms with Crippen LogP contribution in [0.2, 0.25) is 0 Å². The molecule has 2 aromatic carbocycles. The maximum atomic E-state index is 4.85. The van der Waals surface area contributed by atoms with Crippen LogP contribution in [0.3, 0.4) is 0 Å². The van der Waals surface area contributed by atoms with E-state index < -0.39 is 0 Å². The summed E-state index contributed by atoms with van der Waals surface area (Å²) in [6.07, 6.45) is 0. The van der Waals surface area contributed by atoms with Crippen molar-refractivity contribution < 1.29 is 0 Å². The zero-order chi connectivity index (χ0) is 15.0. The molecule has 106 valence electrons. The molecule has 0 unspecified atom stereocenters. The molecule has 3 aromatic rings. The van der Waals surface area contributed by atoms with Gasteiger partial charge in [-0.15, -0.1) is 0 Å². The van der Waals surface area contributed by atoms with Crippen LogP contribution in [0.5, 0.6) is 0 Å². The Hall–Kier alpha value is -2.35. The Morgan fingerprint density at radius 2 is 1.90 bits per heavy atom. The van der Waals surface area contributed by atoms with Gasteiger partial charge >= 0.3 is 0 Å². The number of hydrogen-bond donors (Lipinski definition) is 0. The summed E-state index contributed by atoms with van der Waals surface area (Å²) in [5.41, 5.74) is 7.05. The molecule has 0 radical (unpaired) electrons. The largest absolute Gasteiger partial charge is 0.320 e. The van der Waals surface area contributed by atoms with Gasteiger partial charge in [0.15, 0.2) is 0 Å². The van der Waals surface area contributed by atoms with Gasteiger partial charge in [-0.2, -0.15) is 0 Å². The van der Waals surface area contributed by atoms with Crippen molar-refractivity contribution in [2.75, 3.05) is 0 Å². The van der Waals surface area contributed by atoms with E-state index in [4.69, 9.17) is 4.98 Å². The standard InChI is InChI=1S/C19H20N2/c1-13(2)12-21-18-8-6-5-7-17(18)20-19(21)16-10-9-14(3)11-15(16)4/h5-11H,1,12H2,2-4H3. The number of para-hydroxylation sites is 2. The SMILES string of the molecule is C=C(C)Cn1c(-c2ccc(C)cc2C)nc2ccccc21. The monoisotopic (exact) mass is 276 g/mol. The second kappa shape index (κ2) is 5.21. The van der Waals surface area contributed by atoms with Crippen LogP contribution >= 0.6 is 0 Å². The van der Waals surface area contributed by atoms with Gasteiger partial charge in [0.25, 0.3) is 0 Å². The third-order valence-corrected chi connectivity index (χ3v) is 3.71. The Morgan fingerprint density at radius 3 is 2.62 bits per heavy atom. The number of fused-ring (bicyclic) bond motifs is 1. The molecule has 0 saturated carbocycles. The van der Waals surface area contributed by atoms with Crippen molar-refractivity contribution >= 4 is 11.0 Å². The van der Waals surface area contributed by atoms with Crippen LogP contribution in [-0.2, 0) is 6.54 Å². The molecular weight excluding hydrogens is 256 g/mol. The highest BCUT2D eigenvalue weighted by Crippen LogP contribution is 2.28. The highest BCUT2D eigenvalue weighted by Gasteiger charge is 2.14. The first-order valence-electron chi connectivity index (χ1n) is 7.23. The summed E-state index contributed by atoms with van der Waals surface area (Å²) in [6, 6.07) is 14.8. The molecule has 21 heavy (non-hydrogen) atoms. The molecule has 0 atom stereocenters. The lowest BCUT2D eigenvalue weighted by Gasteiger charge is -2.11. The maximum Gasteiger partial charge on any atom is 0.141 e. The molecule has 0 fully saturated rings. The maximum absolute atomic E-state index is 4.85. The fourth-order valence-corrected chi connectivity index (χ4v) is 2.78. The zero-order valence-electron chi connectivity index (χ0n) is 12.9. The van der Waals surface area contributed by atoms with Gasteiger partial charge in [-0.25, -0.2) is 4.98 Å². The molecule has 1 heterocycles. The fraction of sp³-hybridized carbons (Fsp3) is 0.211. The molecule has 0 aliphatic heterocycles. The van der Waals surface area contributed by atoms with Crippen LogP contribution in [-0.4, -0.2) is 9.55 Å². The zero-order valence-corrected chi connectivity index (χ0v) is 12.9. The summed E-state index contributed by atoms with van der Waals surface area (Å²) < 4.78 is 2.26. The Morgan fingerprint density at radius 1 is 1.14 bits per heavy atom. The van der Waals surface area contributed by atoms with Gasteiger partial charge in [0.1, 0.15) is 5.82 Å². The molecule has 0 aliphatic rings. The third-order valence-electron chi connectivity index (χ3n) is 3.71. The first-order chi connectivity index (χ1) is 10.1. The quantitative estimate of drug-likeness (QED) is 0.622. The molecule has 2 heteroatoms. The van der Waals surface area contributed by atoms with Gasteiger partial charge in [0.05, 0.1) is 11.0 Å². The van der Waals surface area contributed by atoms with Crippen LogP contribution in [0.1, 0.15) is 18.1 Å².